The van der Waals surface area contributed by atoms with Crippen LogP contribution in [0.25, 0.3) is 0 Å². The first-order valence-electron chi connectivity index (χ1n) is 2.41. The molecule has 0 aliphatic heterocycles. The molecule has 0 radical (unpaired) electrons. The van der Waals surface area contributed by atoms with Crippen LogP contribution in [0.2, 0.25) is 0 Å². The van der Waals surface area contributed by atoms with Crippen molar-refractivity contribution in [2.45, 2.75) is 25.8 Å². The lowest BCUT2D eigenvalue weighted by Crippen LogP contribution is -2.31. The third-order valence-corrected chi connectivity index (χ3v) is 0.928. The standard InChI is InChI=1S/C5H12ClN/c1-5(2,7)3-4-6/h3-4,7H2,1-2H3. The molecule has 2 heteroatoms. The molecule has 0 heterocycles. The molecule has 1 nitrogen and oxygen atoms in total. The highest BCUT2D eigenvalue weighted by Gasteiger charge is 2.07. The summed E-state index contributed by atoms with van der Waals surface area (Å²) in [6.07, 6.45) is 0.883. The van der Waals surface area contributed by atoms with Gasteiger partial charge in [-0.25, -0.2) is 0 Å². The van der Waals surface area contributed by atoms with Gasteiger partial charge in [0.1, 0.15) is 0 Å². The molecule has 0 spiro atoms. The molecule has 0 aromatic rings. The molecule has 0 aliphatic rings. The summed E-state index contributed by atoms with van der Waals surface area (Å²) >= 11 is 5.41. The fourth-order valence-electron chi connectivity index (χ4n) is 0.244. The summed E-state index contributed by atoms with van der Waals surface area (Å²) in [5, 5.41) is 0. The van der Waals surface area contributed by atoms with Gasteiger partial charge in [0, 0.05) is 11.4 Å². The first-order chi connectivity index (χ1) is 3.06. The maximum atomic E-state index is 5.56. The largest absolute Gasteiger partial charge is 0.326 e. The van der Waals surface area contributed by atoms with Crippen molar-refractivity contribution in [1.82, 2.24) is 0 Å². The molecule has 0 saturated carbocycles. The van der Waals surface area contributed by atoms with Crippen LogP contribution in [0.4, 0.5) is 0 Å². The van der Waals surface area contributed by atoms with E-state index in [1.165, 1.54) is 0 Å². The molecule has 0 unspecified atom stereocenters. The number of hydrogen-bond donors (Lipinski definition) is 1. The van der Waals surface area contributed by atoms with Crippen LogP contribution >= 0.6 is 11.6 Å². The van der Waals surface area contributed by atoms with Crippen molar-refractivity contribution < 1.29 is 0 Å². The number of nitrogens with two attached hydrogens (primary N) is 1. The van der Waals surface area contributed by atoms with Gasteiger partial charge in [-0.1, -0.05) is 0 Å². The van der Waals surface area contributed by atoms with Crippen molar-refractivity contribution in [1.29, 1.82) is 0 Å². The first kappa shape index (κ1) is 7.25. The Labute approximate surface area is 49.8 Å². The van der Waals surface area contributed by atoms with E-state index >= 15 is 0 Å². The molecule has 7 heavy (non-hydrogen) atoms. The van der Waals surface area contributed by atoms with Gasteiger partial charge in [-0.05, 0) is 20.3 Å². The predicted molar refractivity (Wildman–Crippen MR) is 33.6 cm³/mol. The highest BCUT2D eigenvalue weighted by atomic mass is 35.5. The third kappa shape index (κ3) is 6.25. The fraction of sp³-hybridized carbons (Fsp3) is 1.00. The quantitative estimate of drug-likeness (QED) is 0.549. The monoisotopic (exact) mass is 121 g/mol. The van der Waals surface area contributed by atoms with Gasteiger partial charge in [0.25, 0.3) is 0 Å². The van der Waals surface area contributed by atoms with E-state index in [4.69, 9.17) is 17.3 Å². The zero-order chi connectivity index (χ0) is 5.91. The second-order valence-corrected chi connectivity index (χ2v) is 2.81. The molecular formula is C5H12ClN. The van der Waals surface area contributed by atoms with E-state index in [-0.39, 0.29) is 5.54 Å². The van der Waals surface area contributed by atoms with Crippen LogP contribution in [0, 0.1) is 0 Å². The molecule has 0 aromatic heterocycles. The lowest BCUT2D eigenvalue weighted by molar-refractivity contribution is 0.504. The number of alkyl halides is 1. The molecule has 0 aromatic carbocycles. The number of hydrogen-bond acceptors (Lipinski definition) is 1. The Morgan fingerprint density at radius 3 is 2.00 bits per heavy atom. The molecule has 0 rings (SSSR count). The average Bonchev–Trinajstić information content (AvgIpc) is 1.30. The van der Waals surface area contributed by atoms with E-state index in [1.54, 1.807) is 0 Å². The summed E-state index contributed by atoms with van der Waals surface area (Å²) in [6, 6.07) is 0. The summed E-state index contributed by atoms with van der Waals surface area (Å²) in [5.41, 5.74) is 5.48. The van der Waals surface area contributed by atoms with Crippen LogP contribution in [0.3, 0.4) is 0 Å². The lowest BCUT2D eigenvalue weighted by atomic mass is 10.0. The summed E-state index contributed by atoms with van der Waals surface area (Å²) in [7, 11) is 0. The maximum Gasteiger partial charge on any atom is 0.0240 e. The molecule has 0 amide bonds. The van der Waals surface area contributed by atoms with E-state index in [2.05, 4.69) is 0 Å². The van der Waals surface area contributed by atoms with Crippen molar-refractivity contribution in [2.75, 3.05) is 5.88 Å². The lowest BCUT2D eigenvalue weighted by Gasteiger charge is -2.14. The van der Waals surface area contributed by atoms with Crippen LogP contribution < -0.4 is 5.73 Å². The number of rotatable bonds is 2. The van der Waals surface area contributed by atoms with Gasteiger partial charge in [-0.3, -0.25) is 0 Å². The van der Waals surface area contributed by atoms with Crippen molar-refractivity contribution in [3.8, 4) is 0 Å². The van der Waals surface area contributed by atoms with Gasteiger partial charge in [-0.2, -0.15) is 0 Å². The van der Waals surface area contributed by atoms with E-state index < -0.39 is 0 Å². The highest BCUT2D eigenvalue weighted by molar-refractivity contribution is 6.17. The van der Waals surface area contributed by atoms with Gasteiger partial charge in [0.2, 0.25) is 0 Å². The molecule has 44 valence electrons. The zero-order valence-corrected chi connectivity index (χ0v) is 5.63. The Bertz CT molecular complexity index is 46.5. The Morgan fingerprint density at radius 1 is 1.57 bits per heavy atom. The zero-order valence-electron chi connectivity index (χ0n) is 4.87. The molecule has 0 fully saturated rings. The van der Waals surface area contributed by atoms with Gasteiger partial charge < -0.3 is 5.73 Å². The van der Waals surface area contributed by atoms with E-state index in [0.717, 1.165) is 6.42 Å². The number of halogens is 1. The highest BCUT2D eigenvalue weighted by Crippen LogP contribution is 2.03. The SMILES string of the molecule is CC(C)(N)CCCl. The molecule has 0 aliphatic carbocycles. The summed E-state index contributed by atoms with van der Waals surface area (Å²) in [5.74, 6) is 0.656. The predicted octanol–water partition coefficient (Wildman–Crippen LogP) is 1.35. The third-order valence-electron chi connectivity index (χ3n) is 0.739. The van der Waals surface area contributed by atoms with Crippen LogP contribution in [-0.4, -0.2) is 11.4 Å². The molecular weight excluding hydrogens is 110 g/mol. The van der Waals surface area contributed by atoms with Crippen LogP contribution in [-0.2, 0) is 0 Å². The van der Waals surface area contributed by atoms with Crippen LogP contribution in [0.1, 0.15) is 20.3 Å². The Kier molecular flexibility index (Phi) is 2.62. The van der Waals surface area contributed by atoms with Crippen molar-refractivity contribution in [3.63, 3.8) is 0 Å². The molecule has 2 N–H and O–H groups in total. The van der Waals surface area contributed by atoms with Crippen LogP contribution in [0.5, 0.6) is 0 Å². The van der Waals surface area contributed by atoms with Crippen molar-refractivity contribution in [3.05, 3.63) is 0 Å². The van der Waals surface area contributed by atoms with Gasteiger partial charge in [0.15, 0.2) is 0 Å². The molecule has 0 bridgehead atoms. The Balaban J connectivity index is 3.15. The van der Waals surface area contributed by atoms with E-state index in [1.807, 2.05) is 13.8 Å². The molecule has 0 saturated heterocycles. The van der Waals surface area contributed by atoms with Crippen LogP contribution in [0.15, 0.2) is 0 Å². The van der Waals surface area contributed by atoms with E-state index in [0.29, 0.717) is 5.88 Å². The normalized spacial score (nSPS) is 12.0. The van der Waals surface area contributed by atoms with E-state index in [9.17, 15) is 0 Å². The second-order valence-electron chi connectivity index (χ2n) is 2.43. The Hall–Kier alpha value is 0.250. The summed E-state index contributed by atoms with van der Waals surface area (Å²) in [6.45, 7) is 3.94. The topological polar surface area (TPSA) is 26.0 Å². The second kappa shape index (κ2) is 2.53. The minimum absolute atomic E-state index is 0.0816. The van der Waals surface area contributed by atoms with Gasteiger partial charge in [0.05, 0.1) is 0 Å². The smallest absolute Gasteiger partial charge is 0.0240 e. The average molecular weight is 122 g/mol. The summed E-state index contributed by atoms with van der Waals surface area (Å²) < 4.78 is 0. The Morgan fingerprint density at radius 2 is 2.00 bits per heavy atom. The maximum absolute atomic E-state index is 5.56. The minimum Gasteiger partial charge on any atom is -0.326 e. The summed E-state index contributed by atoms with van der Waals surface area (Å²) in [4.78, 5) is 0. The van der Waals surface area contributed by atoms with Gasteiger partial charge >= 0.3 is 0 Å². The minimum atomic E-state index is -0.0816. The first-order valence-corrected chi connectivity index (χ1v) is 2.94. The van der Waals surface area contributed by atoms with Gasteiger partial charge in [-0.15, -0.1) is 11.6 Å². The van der Waals surface area contributed by atoms with Crippen molar-refractivity contribution >= 4 is 11.6 Å². The fourth-order valence-corrected chi connectivity index (χ4v) is 0.731. The van der Waals surface area contributed by atoms with Crippen molar-refractivity contribution in [2.24, 2.45) is 5.73 Å². The molecule has 0 atom stereocenters.